The van der Waals surface area contributed by atoms with Gasteiger partial charge in [-0.1, -0.05) is 42.5 Å². The lowest BCUT2D eigenvalue weighted by Gasteiger charge is -2.28. The Morgan fingerprint density at radius 3 is 2.41 bits per heavy atom. The summed E-state index contributed by atoms with van der Waals surface area (Å²) >= 11 is 0. The molecule has 32 heavy (non-hydrogen) atoms. The standard InChI is InChI=1S/C24H23N3O5/c1-3-31-23(29)18-14(2)25-21-20(22(28)27-24(30)26-21)19(18)16-9-11-17(12-10-16)32-13-15-7-5-4-6-8-15/h4-12,19H,3,13H2,1-2H3,(H3,25,26,27,28,30). The smallest absolute Gasteiger partial charge is 0.336 e. The second-order valence-corrected chi connectivity index (χ2v) is 7.36. The van der Waals surface area contributed by atoms with Crippen LogP contribution < -0.4 is 21.3 Å². The van der Waals surface area contributed by atoms with Gasteiger partial charge in [-0.15, -0.1) is 0 Å². The summed E-state index contributed by atoms with van der Waals surface area (Å²) in [4.78, 5) is 42.1. The van der Waals surface area contributed by atoms with Gasteiger partial charge in [0.1, 0.15) is 18.2 Å². The highest BCUT2D eigenvalue weighted by Gasteiger charge is 2.35. The molecule has 1 aliphatic heterocycles. The minimum Gasteiger partial charge on any atom is -0.489 e. The fourth-order valence-corrected chi connectivity index (χ4v) is 3.80. The van der Waals surface area contributed by atoms with E-state index in [2.05, 4.69) is 15.3 Å². The molecule has 0 saturated carbocycles. The average molecular weight is 433 g/mol. The summed E-state index contributed by atoms with van der Waals surface area (Å²) in [6, 6.07) is 17.0. The molecule has 0 amide bonds. The quantitative estimate of drug-likeness (QED) is 0.515. The topological polar surface area (TPSA) is 113 Å². The number of carbonyl (C=O) groups excluding carboxylic acids is 1. The predicted octanol–water partition coefficient (Wildman–Crippen LogP) is 3.04. The van der Waals surface area contributed by atoms with Gasteiger partial charge in [0.25, 0.3) is 5.56 Å². The Balaban J connectivity index is 1.71. The number of hydrogen-bond acceptors (Lipinski definition) is 6. The van der Waals surface area contributed by atoms with Gasteiger partial charge in [0.2, 0.25) is 0 Å². The molecule has 0 saturated heterocycles. The van der Waals surface area contributed by atoms with Crippen LogP contribution in [0.1, 0.15) is 36.5 Å². The molecule has 1 aromatic heterocycles. The number of fused-ring (bicyclic) bond motifs is 1. The number of H-pyrrole nitrogens is 2. The highest BCUT2D eigenvalue weighted by atomic mass is 16.5. The van der Waals surface area contributed by atoms with Gasteiger partial charge in [-0.2, -0.15) is 0 Å². The number of hydrogen-bond donors (Lipinski definition) is 3. The van der Waals surface area contributed by atoms with Crippen LogP contribution in [0.5, 0.6) is 5.75 Å². The normalized spacial score (nSPS) is 15.0. The molecule has 4 rings (SSSR count). The molecule has 2 aromatic carbocycles. The van der Waals surface area contributed by atoms with Crippen molar-refractivity contribution in [1.82, 2.24) is 9.97 Å². The molecule has 0 fully saturated rings. The Hall–Kier alpha value is -4.07. The maximum atomic E-state index is 12.8. The molecule has 1 unspecified atom stereocenters. The van der Waals surface area contributed by atoms with Gasteiger partial charge in [-0.3, -0.25) is 14.8 Å². The summed E-state index contributed by atoms with van der Waals surface area (Å²) in [7, 11) is 0. The molecule has 1 aliphatic rings. The summed E-state index contributed by atoms with van der Waals surface area (Å²) < 4.78 is 11.1. The minimum atomic E-state index is -0.714. The van der Waals surface area contributed by atoms with E-state index in [1.54, 1.807) is 38.1 Å². The Labute approximate surface area is 183 Å². The molecular weight excluding hydrogens is 410 g/mol. The molecular formula is C24H23N3O5. The number of nitrogens with one attached hydrogen (secondary N) is 3. The lowest BCUT2D eigenvalue weighted by Crippen LogP contribution is -2.34. The van der Waals surface area contributed by atoms with Crippen molar-refractivity contribution in [3.05, 3.63) is 103 Å². The van der Waals surface area contributed by atoms with Crippen LogP contribution in [-0.4, -0.2) is 22.5 Å². The van der Waals surface area contributed by atoms with Crippen LogP contribution in [0.3, 0.4) is 0 Å². The largest absolute Gasteiger partial charge is 0.489 e. The first kappa shape index (κ1) is 21.2. The zero-order valence-corrected chi connectivity index (χ0v) is 17.7. The Morgan fingerprint density at radius 2 is 1.72 bits per heavy atom. The van der Waals surface area contributed by atoms with Crippen LogP contribution in [0.25, 0.3) is 0 Å². The lowest BCUT2D eigenvalue weighted by atomic mass is 9.82. The number of anilines is 1. The first-order valence-corrected chi connectivity index (χ1v) is 10.3. The summed E-state index contributed by atoms with van der Waals surface area (Å²) in [6.07, 6.45) is 0. The number of aromatic amines is 2. The second kappa shape index (κ2) is 8.97. The first-order valence-electron chi connectivity index (χ1n) is 10.3. The van der Waals surface area contributed by atoms with Gasteiger partial charge in [0.15, 0.2) is 0 Å². The molecule has 1 atom stereocenters. The first-order chi connectivity index (χ1) is 15.5. The number of aromatic nitrogens is 2. The van der Waals surface area contributed by atoms with Crippen LogP contribution in [0.15, 0.2) is 75.5 Å². The second-order valence-electron chi connectivity index (χ2n) is 7.36. The van der Waals surface area contributed by atoms with Crippen molar-refractivity contribution < 1.29 is 14.3 Å². The number of esters is 1. The fourth-order valence-electron chi connectivity index (χ4n) is 3.80. The van der Waals surface area contributed by atoms with E-state index in [1.165, 1.54) is 0 Å². The van der Waals surface area contributed by atoms with Gasteiger partial charge in [0.05, 0.1) is 23.7 Å². The van der Waals surface area contributed by atoms with E-state index in [0.29, 0.717) is 29.2 Å². The van der Waals surface area contributed by atoms with E-state index < -0.39 is 23.1 Å². The SMILES string of the molecule is CCOC(=O)C1=C(C)Nc2[nH]c(=O)[nH]c(=O)c2C1c1ccc(OCc2ccccc2)cc1. The monoisotopic (exact) mass is 433 g/mol. The Morgan fingerprint density at radius 1 is 1.00 bits per heavy atom. The summed E-state index contributed by atoms with van der Waals surface area (Å²) in [5.41, 5.74) is 1.61. The van der Waals surface area contributed by atoms with E-state index in [9.17, 15) is 14.4 Å². The molecule has 0 radical (unpaired) electrons. The summed E-state index contributed by atoms with van der Waals surface area (Å²) in [5, 5.41) is 2.96. The summed E-state index contributed by atoms with van der Waals surface area (Å²) in [6.45, 7) is 4.04. The molecule has 0 aliphatic carbocycles. The number of benzene rings is 2. The molecule has 3 aromatic rings. The van der Waals surface area contributed by atoms with Crippen molar-refractivity contribution in [2.75, 3.05) is 11.9 Å². The van der Waals surface area contributed by atoms with Gasteiger partial charge in [0, 0.05) is 5.70 Å². The minimum absolute atomic E-state index is 0.198. The number of allylic oxidation sites excluding steroid dienone is 1. The maximum absolute atomic E-state index is 12.8. The third-order valence-electron chi connectivity index (χ3n) is 5.23. The van der Waals surface area contributed by atoms with E-state index in [0.717, 1.165) is 5.56 Å². The molecule has 0 spiro atoms. The van der Waals surface area contributed by atoms with E-state index in [1.807, 2.05) is 30.3 Å². The van der Waals surface area contributed by atoms with Crippen LogP contribution in [0.4, 0.5) is 5.82 Å². The van der Waals surface area contributed by atoms with E-state index in [-0.39, 0.29) is 18.0 Å². The molecule has 8 heteroatoms. The Bertz CT molecular complexity index is 1270. The van der Waals surface area contributed by atoms with Gasteiger partial charge >= 0.3 is 11.7 Å². The predicted molar refractivity (Wildman–Crippen MR) is 120 cm³/mol. The molecule has 164 valence electrons. The van der Waals surface area contributed by atoms with Crippen molar-refractivity contribution in [3.8, 4) is 5.75 Å². The number of carbonyl (C=O) groups is 1. The number of rotatable bonds is 6. The van der Waals surface area contributed by atoms with Crippen molar-refractivity contribution >= 4 is 11.8 Å². The van der Waals surface area contributed by atoms with Gasteiger partial charge < -0.3 is 14.8 Å². The Kier molecular flexibility index (Phi) is 5.93. The van der Waals surface area contributed by atoms with E-state index in [4.69, 9.17) is 9.47 Å². The molecule has 8 nitrogen and oxygen atoms in total. The van der Waals surface area contributed by atoms with Crippen LogP contribution >= 0.6 is 0 Å². The van der Waals surface area contributed by atoms with Gasteiger partial charge in [-0.05, 0) is 37.1 Å². The number of ether oxygens (including phenoxy) is 2. The maximum Gasteiger partial charge on any atom is 0.336 e. The fraction of sp³-hybridized carbons (Fsp3) is 0.208. The highest BCUT2D eigenvalue weighted by molar-refractivity contribution is 5.94. The van der Waals surface area contributed by atoms with Crippen LogP contribution in [0, 0.1) is 0 Å². The zero-order valence-electron chi connectivity index (χ0n) is 17.7. The van der Waals surface area contributed by atoms with Crippen LogP contribution in [-0.2, 0) is 16.1 Å². The van der Waals surface area contributed by atoms with Crippen molar-refractivity contribution in [2.45, 2.75) is 26.4 Å². The molecule has 3 N–H and O–H groups in total. The average Bonchev–Trinajstić information content (AvgIpc) is 2.77. The molecule has 0 bridgehead atoms. The van der Waals surface area contributed by atoms with Crippen molar-refractivity contribution in [1.29, 1.82) is 0 Å². The third-order valence-corrected chi connectivity index (χ3v) is 5.23. The van der Waals surface area contributed by atoms with E-state index >= 15 is 0 Å². The highest BCUT2D eigenvalue weighted by Crippen LogP contribution is 2.39. The van der Waals surface area contributed by atoms with Crippen molar-refractivity contribution in [2.24, 2.45) is 0 Å². The van der Waals surface area contributed by atoms with Crippen LogP contribution in [0.2, 0.25) is 0 Å². The molecule has 2 heterocycles. The third kappa shape index (κ3) is 4.20. The summed E-state index contributed by atoms with van der Waals surface area (Å²) in [5.74, 6) is -0.323. The lowest BCUT2D eigenvalue weighted by molar-refractivity contribution is -0.138. The zero-order chi connectivity index (χ0) is 22.7. The van der Waals surface area contributed by atoms with Crippen molar-refractivity contribution in [3.63, 3.8) is 0 Å². The van der Waals surface area contributed by atoms with Gasteiger partial charge in [-0.25, -0.2) is 9.59 Å².